The van der Waals surface area contributed by atoms with Crippen molar-refractivity contribution < 1.29 is 0 Å². The molecule has 4 nitrogen and oxygen atoms in total. The molecule has 21 heavy (non-hydrogen) atoms. The minimum absolute atomic E-state index is 0.652. The van der Waals surface area contributed by atoms with Gasteiger partial charge in [-0.25, -0.2) is 0 Å². The lowest BCUT2D eigenvalue weighted by Crippen LogP contribution is -2.10. The van der Waals surface area contributed by atoms with E-state index in [1.165, 1.54) is 0 Å². The van der Waals surface area contributed by atoms with Crippen LogP contribution in [-0.4, -0.2) is 12.0 Å². The van der Waals surface area contributed by atoms with Crippen molar-refractivity contribution in [3.8, 4) is 6.07 Å². The average Bonchev–Trinajstić information content (AvgIpc) is 2.53. The van der Waals surface area contributed by atoms with E-state index in [0.29, 0.717) is 11.3 Å². The topological polar surface area (TPSA) is 65.9 Å². The van der Waals surface area contributed by atoms with Crippen molar-refractivity contribution in [1.29, 1.82) is 5.26 Å². The Hall–Kier alpha value is -3.06. The van der Waals surface area contributed by atoms with E-state index >= 15 is 0 Å². The van der Waals surface area contributed by atoms with Crippen LogP contribution in [0, 0.1) is 11.3 Å². The van der Waals surface area contributed by atoms with Gasteiger partial charge in [-0.1, -0.05) is 0 Å². The van der Waals surface area contributed by atoms with E-state index in [1.54, 1.807) is 6.20 Å². The monoisotopic (exact) mass is 274 g/mol. The zero-order chi connectivity index (χ0) is 14.8. The van der Waals surface area contributed by atoms with E-state index in [9.17, 15) is 0 Å². The van der Waals surface area contributed by atoms with Crippen molar-refractivity contribution in [2.45, 2.75) is 0 Å². The van der Waals surface area contributed by atoms with Crippen LogP contribution in [0.1, 0.15) is 5.56 Å². The van der Waals surface area contributed by atoms with Gasteiger partial charge in [0.05, 0.1) is 22.8 Å². The summed E-state index contributed by atoms with van der Waals surface area (Å²) in [4.78, 5) is 6.43. The second-order valence-electron chi connectivity index (χ2n) is 4.82. The van der Waals surface area contributed by atoms with Gasteiger partial charge in [-0.2, -0.15) is 5.26 Å². The molecule has 2 N–H and O–H groups in total. The first-order valence-electron chi connectivity index (χ1n) is 6.57. The highest BCUT2D eigenvalue weighted by molar-refractivity contribution is 5.94. The van der Waals surface area contributed by atoms with Crippen LogP contribution in [-0.2, 0) is 0 Å². The fourth-order valence-electron chi connectivity index (χ4n) is 2.34. The Labute approximate surface area is 123 Å². The van der Waals surface area contributed by atoms with E-state index < -0.39 is 0 Å². The molecule has 0 spiro atoms. The normalized spacial score (nSPS) is 10.3. The summed E-state index contributed by atoms with van der Waals surface area (Å²) in [5, 5.41) is 9.91. The maximum atomic E-state index is 8.87. The lowest BCUT2D eigenvalue weighted by molar-refractivity contribution is 1.21. The minimum Gasteiger partial charge on any atom is -0.399 e. The minimum atomic E-state index is 0.652. The van der Waals surface area contributed by atoms with Crippen molar-refractivity contribution in [2.75, 3.05) is 17.7 Å². The summed E-state index contributed by atoms with van der Waals surface area (Å²) >= 11 is 0. The van der Waals surface area contributed by atoms with Gasteiger partial charge in [0.2, 0.25) is 0 Å². The molecular weight excluding hydrogens is 260 g/mol. The maximum absolute atomic E-state index is 8.87. The zero-order valence-corrected chi connectivity index (χ0v) is 11.6. The van der Waals surface area contributed by atoms with Crippen molar-refractivity contribution >= 4 is 28.0 Å². The smallest absolute Gasteiger partial charge is 0.0991 e. The van der Waals surface area contributed by atoms with Gasteiger partial charge in [0.1, 0.15) is 0 Å². The van der Waals surface area contributed by atoms with E-state index in [2.05, 4.69) is 16.0 Å². The Morgan fingerprint density at radius 3 is 2.57 bits per heavy atom. The van der Waals surface area contributed by atoms with Gasteiger partial charge in [0.15, 0.2) is 0 Å². The number of hydrogen-bond donors (Lipinski definition) is 1. The summed E-state index contributed by atoms with van der Waals surface area (Å²) in [6, 6.07) is 17.3. The number of aromatic nitrogens is 1. The zero-order valence-electron chi connectivity index (χ0n) is 11.6. The Kier molecular flexibility index (Phi) is 3.17. The highest BCUT2D eigenvalue weighted by Gasteiger charge is 2.09. The van der Waals surface area contributed by atoms with Crippen LogP contribution >= 0.6 is 0 Å². The molecule has 1 heterocycles. The molecule has 0 unspecified atom stereocenters. The first-order valence-corrected chi connectivity index (χ1v) is 6.57. The lowest BCUT2D eigenvalue weighted by Gasteiger charge is -2.21. The van der Waals surface area contributed by atoms with E-state index in [4.69, 9.17) is 11.0 Å². The summed E-state index contributed by atoms with van der Waals surface area (Å²) < 4.78 is 0. The average molecular weight is 274 g/mol. The second-order valence-corrected chi connectivity index (χ2v) is 4.82. The molecule has 2 aromatic carbocycles. The molecule has 0 fully saturated rings. The number of nitrogens with zero attached hydrogens (tertiary/aromatic N) is 3. The quantitative estimate of drug-likeness (QED) is 0.727. The molecule has 0 saturated carbocycles. The Morgan fingerprint density at radius 1 is 1.10 bits per heavy atom. The SMILES string of the molecule is CN(c1ccc(C#N)cc1)c1ccnc2cc(N)ccc12. The Morgan fingerprint density at radius 2 is 1.86 bits per heavy atom. The number of nitrogen functional groups attached to an aromatic ring is 1. The molecule has 0 aliphatic heterocycles. The molecule has 3 rings (SSSR count). The van der Waals surface area contributed by atoms with E-state index in [1.807, 2.05) is 55.6 Å². The number of rotatable bonds is 2. The third-order valence-corrected chi connectivity index (χ3v) is 3.49. The number of pyridine rings is 1. The molecule has 0 radical (unpaired) electrons. The third-order valence-electron chi connectivity index (χ3n) is 3.49. The van der Waals surface area contributed by atoms with Crippen LogP contribution in [0.2, 0.25) is 0 Å². The number of nitrogens with two attached hydrogens (primary N) is 1. The number of anilines is 3. The van der Waals surface area contributed by atoms with Crippen LogP contribution in [0.5, 0.6) is 0 Å². The molecule has 102 valence electrons. The van der Waals surface area contributed by atoms with E-state index in [0.717, 1.165) is 22.3 Å². The summed E-state index contributed by atoms with van der Waals surface area (Å²) in [5.74, 6) is 0. The maximum Gasteiger partial charge on any atom is 0.0991 e. The van der Waals surface area contributed by atoms with Crippen LogP contribution in [0.4, 0.5) is 17.1 Å². The Bertz CT molecular complexity index is 832. The second kappa shape index (κ2) is 5.14. The molecule has 0 atom stereocenters. The van der Waals surface area contributed by atoms with Crippen LogP contribution in [0.15, 0.2) is 54.7 Å². The van der Waals surface area contributed by atoms with Crippen LogP contribution in [0.3, 0.4) is 0 Å². The molecule has 0 saturated heterocycles. The number of fused-ring (bicyclic) bond motifs is 1. The third kappa shape index (κ3) is 2.37. The van der Waals surface area contributed by atoms with Gasteiger partial charge in [-0.15, -0.1) is 0 Å². The van der Waals surface area contributed by atoms with Crippen molar-refractivity contribution in [3.05, 3.63) is 60.3 Å². The summed E-state index contributed by atoms with van der Waals surface area (Å²) in [5.41, 5.74) is 10.1. The van der Waals surface area contributed by atoms with E-state index in [-0.39, 0.29) is 0 Å². The van der Waals surface area contributed by atoms with Crippen molar-refractivity contribution in [1.82, 2.24) is 4.98 Å². The lowest BCUT2D eigenvalue weighted by atomic mass is 10.1. The molecule has 1 aromatic heterocycles. The molecular formula is C17H14N4. The fourth-order valence-corrected chi connectivity index (χ4v) is 2.34. The predicted molar refractivity (Wildman–Crippen MR) is 85.4 cm³/mol. The first-order chi connectivity index (χ1) is 10.2. The van der Waals surface area contributed by atoms with Gasteiger partial charge in [0, 0.05) is 30.0 Å². The predicted octanol–water partition coefficient (Wildman–Crippen LogP) is 3.46. The van der Waals surface area contributed by atoms with Crippen molar-refractivity contribution in [2.24, 2.45) is 0 Å². The summed E-state index contributed by atoms with van der Waals surface area (Å²) in [6.45, 7) is 0. The summed E-state index contributed by atoms with van der Waals surface area (Å²) in [7, 11) is 1.99. The van der Waals surface area contributed by atoms with Gasteiger partial charge >= 0.3 is 0 Å². The van der Waals surface area contributed by atoms with Gasteiger partial charge in [-0.05, 0) is 48.5 Å². The number of hydrogen-bond acceptors (Lipinski definition) is 4. The fraction of sp³-hybridized carbons (Fsp3) is 0.0588. The Balaban J connectivity index is 2.08. The molecule has 0 amide bonds. The largest absolute Gasteiger partial charge is 0.399 e. The molecule has 0 aliphatic carbocycles. The van der Waals surface area contributed by atoms with Crippen LogP contribution in [0.25, 0.3) is 10.9 Å². The number of benzene rings is 2. The van der Waals surface area contributed by atoms with Gasteiger partial charge < -0.3 is 10.6 Å². The number of nitriles is 1. The van der Waals surface area contributed by atoms with Gasteiger partial charge in [-0.3, -0.25) is 4.98 Å². The molecule has 0 bridgehead atoms. The van der Waals surface area contributed by atoms with Gasteiger partial charge in [0.25, 0.3) is 0 Å². The standard InChI is InChI=1S/C17H14N4/c1-21(14-5-2-12(11-18)3-6-14)17-8-9-20-16-10-13(19)4-7-15(16)17/h2-10H,19H2,1H3. The first kappa shape index (κ1) is 12.9. The van der Waals surface area contributed by atoms with Crippen LogP contribution < -0.4 is 10.6 Å². The molecule has 3 aromatic rings. The molecule has 0 aliphatic rings. The highest BCUT2D eigenvalue weighted by Crippen LogP contribution is 2.30. The highest BCUT2D eigenvalue weighted by atomic mass is 15.1. The summed E-state index contributed by atoms with van der Waals surface area (Å²) in [6.07, 6.45) is 1.78. The van der Waals surface area contributed by atoms with Crippen molar-refractivity contribution in [3.63, 3.8) is 0 Å². The molecule has 4 heteroatoms.